The molecule has 0 aliphatic heterocycles. The molecule has 0 saturated heterocycles. The molecular formula is C27H40N2O2. The molecule has 1 aromatic rings. The zero-order valence-corrected chi connectivity index (χ0v) is 20.0. The van der Waals surface area contributed by atoms with Crippen molar-refractivity contribution in [2.75, 3.05) is 0 Å². The Morgan fingerprint density at radius 3 is 2.65 bits per heavy atom. The molecule has 2 unspecified atom stereocenters. The predicted octanol–water partition coefficient (Wildman–Crippen LogP) is 5.52. The van der Waals surface area contributed by atoms with Crippen molar-refractivity contribution in [1.29, 1.82) is 0 Å². The number of rotatable bonds is 3. The SMILES string of the molecule is CC(C)(C(=O)[C@H]1CCC2C3CC[C@@H]4C[C@](C)(O)CC[C@]4(C)C3=CC[C@@]21C)n1cccn1. The van der Waals surface area contributed by atoms with Crippen molar-refractivity contribution in [2.45, 2.75) is 97.1 Å². The minimum absolute atomic E-state index is 0.0546. The molecule has 1 aromatic heterocycles. The van der Waals surface area contributed by atoms with Gasteiger partial charge in [-0.1, -0.05) is 25.5 Å². The van der Waals surface area contributed by atoms with Gasteiger partial charge in [-0.2, -0.15) is 5.10 Å². The van der Waals surface area contributed by atoms with E-state index in [0.717, 1.165) is 32.1 Å². The zero-order chi connectivity index (χ0) is 22.2. The number of allylic oxidation sites excluding steroid dienone is 2. The smallest absolute Gasteiger partial charge is 0.163 e. The van der Waals surface area contributed by atoms with E-state index in [2.05, 4.69) is 25.0 Å². The standard InChI is InChI=1S/C27H40N2O2/c1-24(2,29-16-6-15-28-29)23(30)22-10-9-20-19-8-7-18-17-25(3,31)13-14-26(18,4)21(19)11-12-27(20,22)5/h6,11,15-16,18-20,22,31H,7-10,12-14,17H2,1-5H3/t18-,19?,20?,22-,25-,26+,27+/m1/s1. The summed E-state index contributed by atoms with van der Waals surface area (Å²) >= 11 is 0. The molecule has 4 aliphatic rings. The zero-order valence-electron chi connectivity index (χ0n) is 20.0. The molecule has 31 heavy (non-hydrogen) atoms. The lowest BCUT2D eigenvalue weighted by atomic mass is 9.47. The lowest BCUT2D eigenvalue weighted by Crippen LogP contribution is -2.52. The Kier molecular flexibility index (Phi) is 4.69. The van der Waals surface area contributed by atoms with Crippen LogP contribution in [0.2, 0.25) is 0 Å². The first kappa shape index (κ1) is 21.4. The summed E-state index contributed by atoms with van der Waals surface area (Å²) in [6.45, 7) is 11.0. The van der Waals surface area contributed by atoms with Gasteiger partial charge in [0.2, 0.25) is 0 Å². The van der Waals surface area contributed by atoms with Gasteiger partial charge in [0.1, 0.15) is 5.54 Å². The van der Waals surface area contributed by atoms with Gasteiger partial charge in [0.15, 0.2) is 5.78 Å². The summed E-state index contributed by atoms with van der Waals surface area (Å²) in [6.07, 6.45) is 14.8. The van der Waals surface area contributed by atoms with Crippen LogP contribution in [0.4, 0.5) is 0 Å². The van der Waals surface area contributed by atoms with Crippen LogP contribution in [0.5, 0.6) is 0 Å². The third-order valence-electron chi connectivity index (χ3n) is 10.3. The van der Waals surface area contributed by atoms with Crippen LogP contribution in [0.3, 0.4) is 0 Å². The first-order chi connectivity index (χ1) is 14.5. The number of hydrogen-bond acceptors (Lipinski definition) is 3. The Labute approximate surface area is 187 Å². The van der Waals surface area contributed by atoms with Crippen LogP contribution in [-0.4, -0.2) is 26.3 Å². The molecule has 170 valence electrons. The van der Waals surface area contributed by atoms with E-state index in [-0.39, 0.29) is 16.7 Å². The van der Waals surface area contributed by atoms with Crippen molar-refractivity contribution in [2.24, 2.45) is 34.5 Å². The molecule has 5 rings (SSSR count). The number of hydrogen-bond donors (Lipinski definition) is 1. The van der Waals surface area contributed by atoms with E-state index in [4.69, 9.17) is 0 Å². The van der Waals surface area contributed by atoms with E-state index in [1.165, 1.54) is 19.3 Å². The maximum Gasteiger partial charge on any atom is 0.163 e. The average molecular weight is 425 g/mol. The van der Waals surface area contributed by atoms with Crippen molar-refractivity contribution in [3.05, 3.63) is 30.1 Å². The Hall–Kier alpha value is -1.42. The van der Waals surface area contributed by atoms with Crippen LogP contribution >= 0.6 is 0 Å². The van der Waals surface area contributed by atoms with Crippen LogP contribution < -0.4 is 0 Å². The van der Waals surface area contributed by atoms with Crippen LogP contribution in [0.15, 0.2) is 30.1 Å². The summed E-state index contributed by atoms with van der Waals surface area (Å²) in [5.74, 6) is 2.28. The highest BCUT2D eigenvalue weighted by molar-refractivity contribution is 5.89. The topological polar surface area (TPSA) is 55.1 Å². The molecule has 3 saturated carbocycles. The first-order valence-corrected chi connectivity index (χ1v) is 12.5. The molecular weight excluding hydrogens is 384 g/mol. The molecule has 0 aromatic carbocycles. The summed E-state index contributed by atoms with van der Waals surface area (Å²) in [4.78, 5) is 13.8. The fourth-order valence-electron chi connectivity index (χ4n) is 8.27. The van der Waals surface area contributed by atoms with E-state index in [0.29, 0.717) is 23.5 Å². The minimum Gasteiger partial charge on any atom is -0.390 e. The lowest BCUT2D eigenvalue weighted by molar-refractivity contribution is -0.135. The predicted molar refractivity (Wildman–Crippen MR) is 122 cm³/mol. The van der Waals surface area contributed by atoms with Gasteiger partial charge in [-0.25, -0.2) is 0 Å². The van der Waals surface area contributed by atoms with Crippen LogP contribution in [0.25, 0.3) is 0 Å². The summed E-state index contributed by atoms with van der Waals surface area (Å²) in [6, 6.07) is 1.91. The monoisotopic (exact) mass is 424 g/mol. The highest BCUT2D eigenvalue weighted by Crippen LogP contribution is 2.66. The fourth-order valence-corrected chi connectivity index (χ4v) is 8.27. The number of aliphatic hydroxyl groups is 1. The minimum atomic E-state index is -0.603. The fraction of sp³-hybridized carbons (Fsp3) is 0.778. The Bertz CT molecular complexity index is 898. The molecule has 1 N–H and O–H groups in total. The third kappa shape index (κ3) is 3.03. The van der Waals surface area contributed by atoms with Gasteiger partial charge in [-0.15, -0.1) is 0 Å². The second-order valence-electron chi connectivity index (χ2n) is 12.5. The summed E-state index contributed by atoms with van der Waals surface area (Å²) < 4.78 is 1.84. The summed E-state index contributed by atoms with van der Waals surface area (Å²) in [5.41, 5.74) is 0.876. The second kappa shape index (κ2) is 6.79. The normalized spacial score (nSPS) is 44.8. The Morgan fingerprint density at radius 2 is 1.94 bits per heavy atom. The Balaban J connectivity index is 1.44. The van der Waals surface area contributed by atoms with Crippen molar-refractivity contribution >= 4 is 5.78 Å². The van der Waals surface area contributed by atoms with E-state index in [1.54, 1.807) is 11.8 Å². The average Bonchev–Trinajstić information content (AvgIpc) is 3.36. The van der Waals surface area contributed by atoms with Crippen LogP contribution in [-0.2, 0) is 10.3 Å². The molecule has 4 aliphatic carbocycles. The van der Waals surface area contributed by atoms with E-state index >= 15 is 0 Å². The largest absolute Gasteiger partial charge is 0.390 e. The van der Waals surface area contributed by atoms with Crippen molar-refractivity contribution in [1.82, 2.24) is 9.78 Å². The van der Waals surface area contributed by atoms with Gasteiger partial charge in [0, 0.05) is 18.3 Å². The first-order valence-electron chi connectivity index (χ1n) is 12.5. The van der Waals surface area contributed by atoms with Crippen molar-refractivity contribution in [3.8, 4) is 0 Å². The molecule has 4 nitrogen and oxygen atoms in total. The van der Waals surface area contributed by atoms with Gasteiger partial charge in [-0.3, -0.25) is 9.48 Å². The van der Waals surface area contributed by atoms with Crippen LogP contribution in [0, 0.1) is 34.5 Å². The van der Waals surface area contributed by atoms with Crippen molar-refractivity contribution < 1.29 is 9.90 Å². The maximum atomic E-state index is 13.8. The number of aromatic nitrogens is 2. The second-order valence-corrected chi connectivity index (χ2v) is 12.5. The molecule has 3 fully saturated rings. The number of carbonyl (C=O) groups excluding carboxylic acids is 1. The number of fused-ring (bicyclic) bond motifs is 5. The molecule has 7 atom stereocenters. The quantitative estimate of drug-likeness (QED) is 0.650. The van der Waals surface area contributed by atoms with Crippen molar-refractivity contribution in [3.63, 3.8) is 0 Å². The van der Waals surface area contributed by atoms with Gasteiger partial charge < -0.3 is 5.11 Å². The highest BCUT2D eigenvalue weighted by atomic mass is 16.3. The lowest BCUT2D eigenvalue weighted by Gasteiger charge is -2.58. The number of carbonyl (C=O) groups is 1. The van der Waals surface area contributed by atoms with Gasteiger partial charge >= 0.3 is 0 Å². The Morgan fingerprint density at radius 1 is 1.16 bits per heavy atom. The third-order valence-corrected chi connectivity index (χ3v) is 10.3. The number of ketones is 1. The molecule has 0 radical (unpaired) electrons. The summed E-state index contributed by atoms with van der Waals surface area (Å²) in [5, 5.41) is 15.1. The van der Waals surface area contributed by atoms with Gasteiger partial charge in [0.25, 0.3) is 0 Å². The van der Waals surface area contributed by atoms with Crippen LogP contribution in [0.1, 0.15) is 86.0 Å². The van der Waals surface area contributed by atoms with E-state index in [1.807, 2.05) is 37.7 Å². The molecule has 1 heterocycles. The maximum absolute atomic E-state index is 13.8. The number of Topliss-reactive ketones (excluding diaryl/α,β-unsaturated/α-hetero) is 1. The summed E-state index contributed by atoms with van der Waals surface area (Å²) in [7, 11) is 0. The highest BCUT2D eigenvalue weighted by Gasteiger charge is 2.60. The van der Waals surface area contributed by atoms with E-state index in [9.17, 15) is 9.90 Å². The molecule has 0 spiro atoms. The number of nitrogens with zero attached hydrogens (tertiary/aromatic N) is 2. The molecule has 0 bridgehead atoms. The van der Waals surface area contributed by atoms with Gasteiger partial charge in [0.05, 0.1) is 5.60 Å². The molecule has 0 amide bonds. The van der Waals surface area contributed by atoms with E-state index < -0.39 is 11.1 Å². The molecule has 4 heteroatoms. The van der Waals surface area contributed by atoms with Gasteiger partial charge in [-0.05, 0) is 107 Å².